The van der Waals surface area contributed by atoms with Crippen molar-refractivity contribution in [1.29, 1.82) is 0 Å². The molecule has 2 rings (SSSR count). The number of methoxy groups -OCH3 is 2. The standard InChI is InChI=1S/C14H19NO3/c1-15(14(16)10-7-8-10)9-11-5-4-6-12(17-2)13(11)18-3/h4-6,10H,7-9H2,1-3H3. The van der Waals surface area contributed by atoms with Crippen LogP contribution in [-0.4, -0.2) is 32.1 Å². The van der Waals surface area contributed by atoms with E-state index >= 15 is 0 Å². The van der Waals surface area contributed by atoms with Crippen molar-refractivity contribution in [1.82, 2.24) is 4.90 Å². The summed E-state index contributed by atoms with van der Waals surface area (Å²) < 4.78 is 10.6. The molecule has 4 heteroatoms. The molecule has 1 amide bonds. The van der Waals surface area contributed by atoms with Crippen molar-refractivity contribution in [2.45, 2.75) is 19.4 Å². The number of rotatable bonds is 5. The van der Waals surface area contributed by atoms with E-state index < -0.39 is 0 Å². The van der Waals surface area contributed by atoms with Crippen LogP contribution in [0.15, 0.2) is 18.2 Å². The van der Waals surface area contributed by atoms with Gasteiger partial charge in [-0.05, 0) is 18.9 Å². The Morgan fingerprint density at radius 2 is 2.06 bits per heavy atom. The number of para-hydroxylation sites is 1. The topological polar surface area (TPSA) is 38.8 Å². The van der Waals surface area contributed by atoms with Gasteiger partial charge in [0.25, 0.3) is 0 Å². The molecule has 0 aliphatic heterocycles. The van der Waals surface area contributed by atoms with Crippen molar-refractivity contribution in [2.75, 3.05) is 21.3 Å². The maximum Gasteiger partial charge on any atom is 0.225 e. The van der Waals surface area contributed by atoms with Crippen LogP contribution in [0.5, 0.6) is 11.5 Å². The quantitative estimate of drug-likeness (QED) is 0.802. The van der Waals surface area contributed by atoms with Crippen molar-refractivity contribution in [3.63, 3.8) is 0 Å². The van der Waals surface area contributed by atoms with Crippen LogP contribution in [0.3, 0.4) is 0 Å². The Hall–Kier alpha value is -1.71. The predicted octanol–water partition coefficient (Wildman–Crippen LogP) is 2.07. The second-order valence-electron chi connectivity index (χ2n) is 4.62. The van der Waals surface area contributed by atoms with Gasteiger partial charge in [0.2, 0.25) is 5.91 Å². The first kappa shape index (κ1) is 12.7. The van der Waals surface area contributed by atoms with Gasteiger partial charge in [-0.2, -0.15) is 0 Å². The normalized spacial score (nSPS) is 14.2. The maximum absolute atomic E-state index is 11.9. The first-order chi connectivity index (χ1) is 8.67. The van der Waals surface area contributed by atoms with E-state index in [1.54, 1.807) is 19.1 Å². The number of carbonyl (C=O) groups is 1. The van der Waals surface area contributed by atoms with Crippen molar-refractivity contribution in [3.8, 4) is 11.5 Å². The van der Waals surface area contributed by atoms with Crippen LogP contribution in [0.2, 0.25) is 0 Å². The van der Waals surface area contributed by atoms with Crippen molar-refractivity contribution >= 4 is 5.91 Å². The molecule has 1 aliphatic rings. The zero-order chi connectivity index (χ0) is 13.1. The van der Waals surface area contributed by atoms with Gasteiger partial charge in [0.05, 0.1) is 14.2 Å². The lowest BCUT2D eigenvalue weighted by Gasteiger charge is -2.19. The number of benzene rings is 1. The molecular formula is C14H19NO3. The number of carbonyl (C=O) groups excluding carboxylic acids is 1. The highest BCUT2D eigenvalue weighted by atomic mass is 16.5. The Kier molecular flexibility index (Phi) is 3.75. The van der Waals surface area contributed by atoms with E-state index in [1.165, 1.54) is 0 Å². The molecule has 0 aromatic heterocycles. The van der Waals surface area contributed by atoms with Crippen LogP contribution >= 0.6 is 0 Å². The monoisotopic (exact) mass is 249 g/mol. The summed E-state index contributed by atoms with van der Waals surface area (Å²) in [7, 11) is 5.06. The minimum atomic E-state index is 0.222. The fraction of sp³-hybridized carbons (Fsp3) is 0.500. The number of hydrogen-bond acceptors (Lipinski definition) is 3. The summed E-state index contributed by atoms with van der Waals surface area (Å²) in [5.74, 6) is 1.86. The Morgan fingerprint density at radius 1 is 1.33 bits per heavy atom. The Bertz CT molecular complexity index is 441. The van der Waals surface area contributed by atoms with E-state index in [9.17, 15) is 4.79 Å². The number of nitrogens with zero attached hydrogens (tertiary/aromatic N) is 1. The van der Waals surface area contributed by atoms with Crippen molar-refractivity contribution in [3.05, 3.63) is 23.8 Å². The predicted molar refractivity (Wildman–Crippen MR) is 68.7 cm³/mol. The van der Waals surface area contributed by atoms with Crippen LogP contribution in [-0.2, 0) is 11.3 Å². The van der Waals surface area contributed by atoms with Gasteiger partial charge in [0, 0.05) is 25.1 Å². The van der Waals surface area contributed by atoms with Crippen LogP contribution < -0.4 is 9.47 Å². The number of hydrogen-bond donors (Lipinski definition) is 0. The average Bonchev–Trinajstić information content (AvgIpc) is 3.21. The summed E-state index contributed by atoms with van der Waals surface area (Å²) in [6.45, 7) is 0.551. The minimum absolute atomic E-state index is 0.222. The molecule has 18 heavy (non-hydrogen) atoms. The molecule has 1 aromatic carbocycles. The first-order valence-corrected chi connectivity index (χ1v) is 6.12. The lowest BCUT2D eigenvalue weighted by Crippen LogP contribution is -2.27. The van der Waals surface area contributed by atoms with Gasteiger partial charge in [-0.3, -0.25) is 4.79 Å². The van der Waals surface area contributed by atoms with E-state index in [0.717, 1.165) is 18.4 Å². The molecule has 4 nitrogen and oxygen atoms in total. The molecule has 0 saturated heterocycles. The Labute approximate surface area is 107 Å². The zero-order valence-electron chi connectivity index (χ0n) is 11.1. The van der Waals surface area contributed by atoms with Crippen molar-refractivity contribution in [2.24, 2.45) is 5.92 Å². The highest BCUT2D eigenvalue weighted by molar-refractivity contribution is 5.80. The van der Waals surface area contributed by atoms with Gasteiger partial charge in [0.15, 0.2) is 11.5 Å². The number of ether oxygens (including phenoxy) is 2. The van der Waals surface area contributed by atoms with Gasteiger partial charge >= 0.3 is 0 Å². The third-order valence-corrected chi connectivity index (χ3v) is 3.19. The lowest BCUT2D eigenvalue weighted by atomic mass is 10.1. The van der Waals surface area contributed by atoms with Gasteiger partial charge in [-0.15, -0.1) is 0 Å². The van der Waals surface area contributed by atoms with Crippen LogP contribution in [0, 0.1) is 5.92 Å². The van der Waals surface area contributed by atoms with Crippen LogP contribution in [0.25, 0.3) is 0 Å². The Morgan fingerprint density at radius 3 is 2.61 bits per heavy atom. The third-order valence-electron chi connectivity index (χ3n) is 3.19. The molecule has 0 bridgehead atoms. The molecule has 0 unspecified atom stereocenters. The molecule has 1 saturated carbocycles. The fourth-order valence-electron chi connectivity index (χ4n) is 2.05. The summed E-state index contributed by atoms with van der Waals surface area (Å²) >= 11 is 0. The summed E-state index contributed by atoms with van der Waals surface area (Å²) in [4.78, 5) is 13.7. The molecular weight excluding hydrogens is 230 g/mol. The van der Waals surface area contributed by atoms with Crippen LogP contribution in [0.1, 0.15) is 18.4 Å². The second kappa shape index (κ2) is 5.29. The molecule has 1 aliphatic carbocycles. The van der Waals surface area contributed by atoms with E-state index in [2.05, 4.69) is 0 Å². The smallest absolute Gasteiger partial charge is 0.225 e. The molecule has 1 fully saturated rings. The summed E-state index contributed by atoms with van der Waals surface area (Å²) in [5, 5.41) is 0. The van der Waals surface area contributed by atoms with E-state index in [-0.39, 0.29) is 11.8 Å². The van der Waals surface area contributed by atoms with Gasteiger partial charge in [-0.1, -0.05) is 12.1 Å². The molecule has 1 aromatic rings. The lowest BCUT2D eigenvalue weighted by molar-refractivity contribution is -0.131. The first-order valence-electron chi connectivity index (χ1n) is 6.12. The van der Waals surface area contributed by atoms with E-state index in [1.807, 2.05) is 25.2 Å². The van der Waals surface area contributed by atoms with Crippen molar-refractivity contribution < 1.29 is 14.3 Å². The second-order valence-corrected chi connectivity index (χ2v) is 4.62. The van der Waals surface area contributed by atoms with Gasteiger partial charge < -0.3 is 14.4 Å². The third kappa shape index (κ3) is 2.58. The summed E-state index contributed by atoms with van der Waals surface area (Å²) in [6.07, 6.45) is 2.05. The van der Waals surface area contributed by atoms with E-state index in [4.69, 9.17) is 9.47 Å². The largest absolute Gasteiger partial charge is 0.493 e. The number of amides is 1. The Balaban J connectivity index is 2.14. The SMILES string of the molecule is COc1cccc(CN(C)C(=O)C2CC2)c1OC. The fourth-order valence-corrected chi connectivity index (χ4v) is 2.05. The molecule has 0 radical (unpaired) electrons. The van der Waals surface area contributed by atoms with E-state index in [0.29, 0.717) is 18.0 Å². The van der Waals surface area contributed by atoms with Crippen LogP contribution in [0.4, 0.5) is 0 Å². The highest BCUT2D eigenvalue weighted by Crippen LogP contribution is 2.34. The minimum Gasteiger partial charge on any atom is -0.493 e. The average molecular weight is 249 g/mol. The zero-order valence-corrected chi connectivity index (χ0v) is 11.1. The maximum atomic E-state index is 11.9. The molecule has 98 valence electrons. The molecule has 0 heterocycles. The highest BCUT2D eigenvalue weighted by Gasteiger charge is 2.32. The van der Waals surface area contributed by atoms with Gasteiger partial charge in [-0.25, -0.2) is 0 Å². The van der Waals surface area contributed by atoms with Gasteiger partial charge in [0.1, 0.15) is 0 Å². The summed E-state index contributed by atoms with van der Waals surface area (Å²) in [6, 6.07) is 5.72. The molecule has 0 atom stereocenters. The molecule has 0 spiro atoms. The molecule has 0 N–H and O–H groups in total. The summed E-state index contributed by atoms with van der Waals surface area (Å²) in [5.41, 5.74) is 0.966.